The molecule has 0 bridgehead atoms. The van der Waals surface area contributed by atoms with Gasteiger partial charge in [-0.1, -0.05) is 66.0 Å². The Morgan fingerprint density at radius 3 is 2.56 bits per heavy atom. The Labute approximate surface area is 177 Å². The molecule has 1 amide bonds. The van der Waals surface area contributed by atoms with Crippen molar-refractivity contribution < 1.29 is 9.53 Å². The van der Waals surface area contributed by atoms with E-state index in [1.807, 2.05) is 49.4 Å². The maximum atomic E-state index is 12.2. The van der Waals surface area contributed by atoms with E-state index in [1.165, 1.54) is 0 Å². The third-order valence-electron chi connectivity index (χ3n) is 3.98. The lowest BCUT2D eigenvalue weighted by Crippen LogP contribution is -2.26. The highest BCUT2D eigenvalue weighted by Crippen LogP contribution is 2.32. The van der Waals surface area contributed by atoms with Gasteiger partial charge in [-0.3, -0.25) is 4.79 Å². The molecule has 0 spiro atoms. The first kappa shape index (κ1) is 21.6. The minimum Gasteiger partial charge on any atom is -0.482 e. The maximum Gasteiger partial charge on any atom is 0.277 e. The number of nitrogens with zero attached hydrogens (tertiary/aromatic N) is 1. The number of hydrazone groups is 1. The normalized spacial score (nSPS) is 11.3. The third-order valence-corrected chi connectivity index (χ3v) is 5.03. The molecule has 0 aromatic heterocycles. The van der Waals surface area contributed by atoms with E-state index >= 15 is 0 Å². The molecule has 2 aromatic rings. The molecular weight excluding hydrogens is 472 g/mol. The molecule has 0 heterocycles. The van der Waals surface area contributed by atoms with Crippen molar-refractivity contribution in [2.24, 2.45) is 5.10 Å². The molecule has 1 N–H and O–H groups in total. The molecule has 0 aliphatic rings. The zero-order chi connectivity index (χ0) is 19.6. The summed E-state index contributed by atoms with van der Waals surface area (Å²) in [6, 6.07) is 13.8. The van der Waals surface area contributed by atoms with Crippen molar-refractivity contribution in [2.45, 2.75) is 39.5 Å². The summed E-state index contributed by atoms with van der Waals surface area (Å²) < 4.78 is 7.42. The van der Waals surface area contributed by atoms with Crippen molar-refractivity contribution >= 4 is 43.5 Å². The molecular formula is C21H24Br2N2O2. The SMILES string of the molecule is CCCCC/C(=N\NC(=O)COc1c(C)cc(Br)cc1Br)c1ccccc1. The Morgan fingerprint density at radius 2 is 1.89 bits per heavy atom. The molecule has 0 fully saturated rings. The van der Waals surface area contributed by atoms with Crippen LogP contribution >= 0.6 is 31.9 Å². The van der Waals surface area contributed by atoms with Crippen molar-refractivity contribution in [1.29, 1.82) is 0 Å². The zero-order valence-corrected chi connectivity index (χ0v) is 18.8. The molecule has 2 rings (SSSR count). The molecule has 0 radical (unpaired) electrons. The molecule has 0 aliphatic carbocycles. The molecule has 0 saturated heterocycles. The lowest BCUT2D eigenvalue weighted by molar-refractivity contribution is -0.123. The van der Waals surface area contributed by atoms with Gasteiger partial charge in [0.2, 0.25) is 0 Å². The van der Waals surface area contributed by atoms with E-state index in [0.717, 1.165) is 51.5 Å². The fraction of sp³-hybridized carbons (Fsp3) is 0.333. The van der Waals surface area contributed by atoms with Crippen molar-refractivity contribution in [3.05, 3.63) is 62.5 Å². The predicted octanol–water partition coefficient (Wildman–Crippen LogP) is 6.00. The molecule has 0 unspecified atom stereocenters. The second kappa shape index (κ2) is 11.2. The summed E-state index contributed by atoms with van der Waals surface area (Å²) in [5.74, 6) is 0.372. The fourth-order valence-corrected chi connectivity index (χ4v) is 4.16. The molecule has 2 aromatic carbocycles. The Kier molecular flexibility index (Phi) is 9.01. The van der Waals surface area contributed by atoms with Gasteiger partial charge in [-0.15, -0.1) is 0 Å². The van der Waals surface area contributed by atoms with E-state index in [2.05, 4.69) is 49.3 Å². The number of hydrogen-bond acceptors (Lipinski definition) is 3. The topological polar surface area (TPSA) is 50.7 Å². The van der Waals surface area contributed by atoms with Crippen LogP contribution in [0, 0.1) is 6.92 Å². The average Bonchev–Trinajstić information content (AvgIpc) is 2.64. The zero-order valence-electron chi connectivity index (χ0n) is 15.6. The number of carbonyl (C=O) groups excluding carboxylic acids is 1. The standard InChI is InChI=1S/C21H24Br2N2O2/c1-3-4-6-11-19(16-9-7-5-8-10-16)24-25-20(26)14-27-21-15(2)12-17(22)13-18(21)23/h5,7-10,12-13H,3-4,6,11,14H2,1-2H3,(H,25,26)/b24-19+. The van der Waals surface area contributed by atoms with Crippen LogP contribution in [0.2, 0.25) is 0 Å². The molecule has 4 nitrogen and oxygen atoms in total. The minimum atomic E-state index is -0.284. The highest BCUT2D eigenvalue weighted by Gasteiger charge is 2.10. The number of unbranched alkanes of at least 4 members (excludes halogenated alkanes) is 2. The van der Waals surface area contributed by atoms with Crippen LogP contribution in [0.5, 0.6) is 5.75 Å². The molecule has 27 heavy (non-hydrogen) atoms. The van der Waals surface area contributed by atoms with Crippen molar-refractivity contribution in [2.75, 3.05) is 6.61 Å². The summed E-state index contributed by atoms with van der Waals surface area (Å²) in [6.07, 6.45) is 4.15. The number of ether oxygens (including phenoxy) is 1. The Balaban J connectivity index is 1.99. The quantitative estimate of drug-likeness (QED) is 0.263. The van der Waals surface area contributed by atoms with Gasteiger partial charge in [-0.25, -0.2) is 5.43 Å². The van der Waals surface area contributed by atoms with Crippen molar-refractivity contribution in [1.82, 2.24) is 5.43 Å². The lowest BCUT2D eigenvalue weighted by Gasteiger charge is -2.11. The first-order valence-electron chi connectivity index (χ1n) is 9.00. The number of aryl methyl sites for hydroxylation is 1. The summed E-state index contributed by atoms with van der Waals surface area (Å²) in [5.41, 5.74) is 5.49. The summed E-state index contributed by atoms with van der Waals surface area (Å²) in [6.45, 7) is 4.00. The molecule has 0 saturated carbocycles. The van der Waals surface area contributed by atoms with Gasteiger partial charge in [0.1, 0.15) is 5.75 Å². The maximum absolute atomic E-state index is 12.2. The Morgan fingerprint density at radius 1 is 1.15 bits per heavy atom. The van der Waals surface area contributed by atoms with E-state index in [0.29, 0.717) is 5.75 Å². The third kappa shape index (κ3) is 7.11. The highest BCUT2D eigenvalue weighted by atomic mass is 79.9. The van der Waals surface area contributed by atoms with E-state index < -0.39 is 0 Å². The Hall–Kier alpha value is -1.66. The smallest absolute Gasteiger partial charge is 0.277 e. The molecule has 0 aliphatic heterocycles. The second-order valence-corrected chi connectivity index (χ2v) is 8.01. The van der Waals surface area contributed by atoms with Crippen LogP contribution in [0.1, 0.15) is 43.7 Å². The van der Waals surface area contributed by atoms with Gasteiger partial charge in [-0.2, -0.15) is 5.10 Å². The lowest BCUT2D eigenvalue weighted by atomic mass is 10.0. The van der Waals surface area contributed by atoms with E-state index in [9.17, 15) is 4.79 Å². The number of halogens is 2. The van der Waals surface area contributed by atoms with Crippen molar-refractivity contribution in [3.8, 4) is 5.75 Å². The fourth-order valence-electron chi connectivity index (χ4n) is 2.61. The van der Waals surface area contributed by atoms with Crippen LogP contribution in [0.15, 0.2) is 56.5 Å². The van der Waals surface area contributed by atoms with Gasteiger partial charge in [0, 0.05) is 4.47 Å². The van der Waals surface area contributed by atoms with Crippen LogP contribution < -0.4 is 10.2 Å². The van der Waals surface area contributed by atoms with Crippen LogP contribution in [-0.2, 0) is 4.79 Å². The highest BCUT2D eigenvalue weighted by molar-refractivity contribution is 9.11. The molecule has 0 atom stereocenters. The largest absolute Gasteiger partial charge is 0.482 e. The van der Waals surface area contributed by atoms with Crippen LogP contribution in [0.25, 0.3) is 0 Å². The van der Waals surface area contributed by atoms with Gasteiger partial charge in [0.05, 0.1) is 10.2 Å². The number of nitrogens with one attached hydrogen (secondary N) is 1. The van der Waals surface area contributed by atoms with Gasteiger partial charge in [-0.05, 0) is 59.0 Å². The van der Waals surface area contributed by atoms with Gasteiger partial charge in [0.15, 0.2) is 6.61 Å². The van der Waals surface area contributed by atoms with Gasteiger partial charge < -0.3 is 4.74 Å². The van der Waals surface area contributed by atoms with Crippen molar-refractivity contribution in [3.63, 3.8) is 0 Å². The Bertz CT molecular complexity index is 769. The number of hydrogen-bond donors (Lipinski definition) is 1. The minimum absolute atomic E-state index is 0.0956. The number of carbonyl (C=O) groups is 1. The van der Waals surface area contributed by atoms with Gasteiger partial charge >= 0.3 is 0 Å². The number of rotatable bonds is 9. The first-order valence-corrected chi connectivity index (χ1v) is 10.6. The summed E-state index contributed by atoms with van der Waals surface area (Å²) in [4.78, 5) is 12.2. The van der Waals surface area contributed by atoms with Crippen LogP contribution in [0.4, 0.5) is 0 Å². The molecule has 6 heteroatoms. The molecule has 144 valence electrons. The predicted molar refractivity (Wildman–Crippen MR) is 117 cm³/mol. The summed E-state index contributed by atoms with van der Waals surface area (Å²) in [5, 5.41) is 4.35. The second-order valence-electron chi connectivity index (χ2n) is 6.24. The van der Waals surface area contributed by atoms with E-state index in [-0.39, 0.29) is 12.5 Å². The number of amides is 1. The van der Waals surface area contributed by atoms with Crippen LogP contribution in [-0.4, -0.2) is 18.2 Å². The first-order chi connectivity index (χ1) is 13.0. The number of benzene rings is 2. The monoisotopic (exact) mass is 494 g/mol. The average molecular weight is 496 g/mol. The summed E-state index contributed by atoms with van der Waals surface area (Å²) in [7, 11) is 0. The van der Waals surface area contributed by atoms with E-state index in [1.54, 1.807) is 0 Å². The van der Waals surface area contributed by atoms with Gasteiger partial charge in [0.25, 0.3) is 5.91 Å². The summed E-state index contributed by atoms with van der Waals surface area (Å²) >= 11 is 6.90. The van der Waals surface area contributed by atoms with Crippen LogP contribution in [0.3, 0.4) is 0 Å². The van der Waals surface area contributed by atoms with E-state index in [4.69, 9.17) is 4.74 Å².